The summed E-state index contributed by atoms with van der Waals surface area (Å²) < 4.78 is 28.5. The van der Waals surface area contributed by atoms with Crippen LogP contribution >= 0.6 is 15.9 Å². The van der Waals surface area contributed by atoms with Crippen molar-refractivity contribution < 1.29 is 12.9 Å². The first-order valence-corrected chi connectivity index (χ1v) is 11.2. The van der Waals surface area contributed by atoms with Gasteiger partial charge >= 0.3 is 0 Å². The average molecular weight is 502 g/mol. The van der Waals surface area contributed by atoms with E-state index in [9.17, 15) is 8.42 Å². The summed E-state index contributed by atoms with van der Waals surface area (Å²) >= 11 is 3.43. The third-order valence-corrected chi connectivity index (χ3v) is 5.72. The number of pyridine rings is 1. The van der Waals surface area contributed by atoms with Crippen LogP contribution in [0.5, 0.6) is 0 Å². The predicted octanol–water partition coefficient (Wildman–Crippen LogP) is 3.29. The van der Waals surface area contributed by atoms with Gasteiger partial charge < -0.3 is 15.2 Å². The van der Waals surface area contributed by atoms with Gasteiger partial charge in [0.2, 0.25) is 16.0 Å². The van der Waals surface area contributed by atoms with Gasteiger partial charge in [-0.2, -0.15) is 4.98 Å². The molecule has 0 saturated heterocycles. The van der Waals surface area contributed by atoms with Gasteiger partial charge in [-0.05, 0) is 52.3 Å². The molecular weight excluding hydrogens is 486 g/mol. The lowest BCUT2D eigenvalue weighted by Gasteiger charge is -2.10. The summed E-state index contributed by atoms with van der Waals surface area (Å²) in [7, 11) is -3.75. The Morgan fingerprint density at radius 2 is 1.94 bits per heavy atom. The fourth-order valence-corrected chi connectivity index (χ4v) is 3.56. The summed E-state index contributed by atoms with van der Waals surface area (Å²) in [6.07, 6.45) is 6.57. The minimum absolute atomic E-state index is 0.0234. The minimum atomic E-state index is -3.75. The molecule has 0 spiro atoms. The fraction of sp³-hybridized carbons (Fsp3) is 0.0526. The van der Waals surface area contributed by atoms with Gasteiger partial charge in [0.25, 0.3) is 0 Å². The molecule has 0 aliphatic carbocycles. The standard InChI is InChI=1S/C19H16BrN7O3S/c20-16-10-24-19(25-14-3-5-15(6-4-14)31(21,28)29)26-18(16)23-9-13-11-30-27-17(13)12-2-1-7-22-8-12/h1-8,10-11H,9H2,(H2,21,28,29)(H2,23,24,25,26). The largest absolute Gasteiger partial charge is 0.365 e. The molecule has 158 valence electrons. The van der Waals surface area contributed by atoms with Crippen molar-refractivity contribution in [1.82, 2.24) is 20.1 Å². The number of aromatic nitrogens is 4. The molecule has 31 heavy (non-hydrogen) atoms. The highest BCUT2D eigenvalue weighted by Crippen LogP contribution is 2.25. The van der Waals surface area contributed by atoms with E-state index >= 15 is 0 Å². The van der Waals surface area contributed by atoms with Crippen LogP contribution < -0.4 is 15.8 Å². The van der Waals surface area contributed by atoms with Crippen molar-refractivity contribution >= 4 is 43.4 Å². The highest BCUT2D eigenvalue weighted by molar-refractivity contribution is 9.10. The summed E-state index contributed by atoms with van der Waals surface area (Å²) in [4.78, 5) is 12.8. The zero-order chi connectivity index (χ0) is 21.8. The maximum Gasteiger partial charge on any atom is 0.238 e. The second-order valence-corrected chi connectivity index (χ2v) is 8.78. The Balaban J connectivity index is 1.49. The zero-order valence-electron chi connectivity index (χ0n) is 15.9. The molecule has 0 fully saturated rings. The summed E-state index contributed by atoms with van der Waals surface area (Å²) in [6, 6.07) is 9.70. The first kappa shape index (κ1) is 20.9. The summed E-state index contributed by atoms with van der Waals surface area (Å²) in [5.74, 6) is 0.879. The van der Waals surface area contributed by atoms with Crippen molar-refractivity contribution in [3.63, 3.8) is 0 Å². The van der Waals surface area contributed by atoms with Crippen LogP contribution in [0.2, 0.25) is 0 Å². The molecule has 0 amide bonds. The van der Waals surface area contributed by atoms with Crippen molar-refractivity contribution in [2.75, 3.05) is 10.6 Å². The quantitative estimate of drug-likeness (QED) is 0.346. The lowest BCUT2D eigenvalue weighted by molar-refractivity contribution is 0.421. The van der Waals surface area contributed by atoms with Crippen LogP contribution in [-0.4, -0.2) is 28.5 Å². The molecule has 3 aromatic heterocycles. The number of hydrogen-bond acceptors (Lipinski definition) is 9. The molecule has 0 bridgehead atoms. The van der Waals surface area contributed by atoms with E-state index in [0.717, 1.165) is 11.1 Å². The molecule has 3 heterocycles. The lowest BCUT2D eigenvalue weighted by atomic mass is 10.1. The first-order valence-electron chi connectivity index (χ1n) is 8.90. The molecule has 0 saturated carbocycles. The van der Waals surface area contributed by atoms with Gasteiger partial charge in [-0.3, -0.25) is 4.98 Å². The number of nitrogens with two attached hydrogens (primary N) is 1. The lowest BCUT2D eigenvalue weighted by Crippen LogP contribution is -2.11. The molecule has 0 aliphatic heterocycles. The predicted molar refractivity (Wildman–Crippen MR) is 118 cm³/mol. The molecule has 12 heteroatoms. The van der Waals surface area contributed by atoms with Crippen LogP contribution in [0.3, 0.4) is 0 Å². The summed E-state index contributed by atoms with van der Waals surface area (Å²) in [5.41, 5.74) is 2.99. The van der Waals surface area contributed by atoms with E-state index in [0.29, 0.717) is 34.2 Å². The Kier molecular flexibility index (Phi) is 5.93. The maximum absolute atomic E-state index is 11.4. The van der Waals surface area contributed by atoms with E-state index in [1.165, 1.54) is 12.1 Å². The molecule has 4 N–H and O–H groups in total. The molecule has 1 aromatic carbocycles. The average Bonchev–Trinajstić information content (AvgIpc) is 3.23. The second kappa shape index (κ2) is 8.79. The number of hydrogen-bond donors (Lipinski definition) is 3. The van der Waals surface area contributed by atoms with Crippen molar-refractivity contribution in [3.05, 3.63) is 71.3 Å². The van der Waals surface area contributed by atoms with Gasteiger partial charge in [0.1, 0.15) is 17.8 Å². The van der Waals surface area contributed by atoms with Crippen molar-refractivity contribution in [1.29, 1.82) is 0 Å². The smallest absolute Gasteiger partial charge is 0.238 e. The van der Waals surface area contributed by atoms with Gasteiger partial charge in [0.05, 0.1) is 9.37 Å². The third kappa shape index (κ3) is 5.05. The number of anilines is 3. The molecule has 4 aromatic rings. The summed E-state index contributed by atoms with van der Waals surface area (Å²) in [5, 5.41) is 15.4. The molecule has 10 nitrogen and oxygen atoms in total. The topological polar surface area (TPSA) is 149 Å². The molecule has 0 unspecified atom stereocenters. The van der Waals surface area contributed by atoms with Crippen molar-refractivity contribution in [2.45, 2.75) is 11.4 Å². The molecule has 0 atom stereocenters. The van der Waals surface area contributed by atoms with Gasteiger partial charge in [-0.25, -0.2) is 18.5 Å². The number of nitrogens with zero attached hydrogens (tertiary/aromatic N) is 4. The van der Waals surface area contributed by atoms with Gasteiger partial charge in [-0.15, -0.1) is 0 Å². The fourth-order valence-electron chi connectivity index (χ4n) is 2.71. The number of benzene rings is 1. The van der Waals surface area contributed by atoms with Crippen molar-refractivity contribution in [2.24, 2.45) is 5.14 Å². The number of halogens is 1. The van der Waals surface area contributed by atoms with Crippen LogP contribution in [0.15, 0.2) is 75.1 Å². The van der Waals surface area contributed by atoms with E-state index in [4.69, 9.17) is 9.66 Å². The van der Waals surface area contributed by atoms with Crippen LogP contribution in [-0.2, 0) is 16.6 Å². The van der Waals surface area contributed by atoms with Gasteiger partial charge in [-0.1, -0.05) is 5.16 Å². The second-order valence-electron chi connectivity index (χ2n) is 6.37. The Bertz CT molecular complexity index is 1300. The molecule has 4 rings (SSSR count). The first-order chi connectivity index (χ1) is 14.9. The maximum atomic E-state index is 11.4. The number of nitrogens with one attached hydrogen (secondary N) is 2. The highest BCUT2D eigenvalue weighted by Gasteiger charge is 2.12. The molecular formula is C19H16BrN7O3S. The molecule has 0 aliphatic rings. The number of primary sulfonamides is 1. The van der Waals surface area contributed by atoms with E-state index in [1.807, 2.05) is 12.1 Å². The Morgan fingerprint density at radius 3 is 2.65 bits per heavy atom. The van der Waals surface area contributed by atoms with Crippen LogP contribution in [0.1, 0.15) is 5.56 Å². The summed E-state index contributed by atoms with van der Waals surface area (Å²) in [6.45, 7) is 0.409. The van der Waals surface area contributed by atoms with E-state index in [2.05, 4.69) is 46.7 Å². The van der Waals surface area contributed by atoms with E-state index in [1.54, 1.807) is 37.0 Å². The normalized spacial score (nSPS) is 11.3. The Morgan fingerprint density at radius 1 is 1.13 bits per heavy atom. The molecule has 0 radical (unpaired) electrons. The van der Waals surface area contributed by atoms with E-state index in [-0.39, 0.29) is 4.90 Å². The Labute approximate surface area is 186 Å². The highest BCUT2D eigenvalue weighted by atomic mass is 79.9. The monoisotopic (exact) mass is 501 g/mol. The third-order valence-electron chi connectivity index (χ3n) is 4.21. The van der Waals surface area contributed by atoms with Crippen LogP contribution in [0, 0.1) is 0 Å². The SMILES string of the molecule is NS(=O)(=O)c1ccc(Nc2ncc(Br)c(NCc3conc3-c3cccnc3)n2)cc1. The van der Waals surface area contributed by atoms with Gasteiger partial charge in [0.15, 0.2) is 0 Å². The van der Waals surface area contributed by atoms with E-state index < -0.39 is 10.0 Å². The zero-order valence-corrected chi connectivity index (χ0v) is 18.3. The number of sulfonamides is 1. The van der Waals surface area contributed by atoms with Gasteiger partial charge in [0, 0.05) is 41.9 Å². The van der Waals surface area contributed by atoms with Crippen LogP contribution in [0.4, 0.5) is 17.5 Å². The minimum Gasteiger partial charge on any atom is -0.365 e. The van der Waals surface area contributed by atoms with Crippen LogP contribution in [0.25, 0.3) is 11.3 Å². The van der Waals surface area contributed by atoms with Crippen molar-refractivity contribution in [3.8, 4) is 11.3 Å². The number of rotatable bonds is 7. The Hall–Kier alpha value is -3.35.